The third-order valence-electron chi connectivity index (χ3n) is 3.40. The summed E-state index contributed by atoms with van der Waals surface area (Å²) in [6, 6.07) is -0.384. The minimum atomic E-state index is -3.57. The summed E-state index contributed by atoms with van der Waals surface area (Å²) < 4.78 is 25.3. The average molecular weight is 356 g/mol. The van der Waals surface area contributed by atoms with Gasteiger partial charge in [-0.2, -0.15) is 4.68 Å². The van der Waals surface area contributed by atoms with Gasteiger partial charge in [-0.3, -0.25) is 0 Å². The molecule has 0 bridgehead atoms. The van der Waals surface area contributed by atoms with Crippen LogP contribution in [0.5, 0.6) is 0 Å². The van der Waals surface area contributed by atoms with E-state index in [2.05, 4.69) is 23.6 Å². The van der Waals surface area contributed by atoms with Crippen LogP contribution in [0.1, 0.15) is 46.5 Å². The molecule has 1 rings (SSSR count). The van der Waals surface area contributed by atoms with Gasteiger partial charge in [-0.25, -0.2) is 18.2 Å². The summed E-state index contributed by atoms with van der Waals surface area (Å²) >= 11 is 0. The van der Waals surface area contributed by atoms with Gasteiger partial charge in [-0.05, 0) is 12.3 Å². The van der Waals surface area contributed by atoms with Gasteiger partial charge in [0.05, 0.1) is 5.75 Å². The SMILES string of the molecule is C=CCN(CCCCCC)C(=O)n1cnc(S(=O)(=O)CC(C)C)n1. The molecule has 0 radical (unpaired) electrons. The van der Waals surface area contributed by atoms with Crippen LogP contribution in [0.2, 0.25) is 0 Å². The normalized spacial score (nSPS) is 11.7. The lowest BCUT2D eigenvalue weighted by atomic mass is 10.2. The molecule has 8 heteroatoms. The Morgan fingerprint density at radius 1 is 1.38 bits per heavy atom. The molecule has 0 aliphatic carbocycles. The first-order valence-electron chi connectivity index (χ1n) is 8.36. The first-order chi connectivity index (χ1) is 11.3. The van der Waals surface area contributed by atoms with E-state index < -0.39 is 9.84 Å². The molecule has 1 heterocycles. The monoisotopic (exact) mass is 356 g/mol. The molecule has 0 aliphatic rings. The molecule has 0 spiro atoms. The van der Waals surface area contributed by atoms with Crippen molar-refractivity contribution in [3.63, 3.8) is 0 Å². The molecule has 0 saturated heterocycles. The molecule has 0 saturated carbocycles. The van der Waals surface area contributed by atoms with Crippen molar-refractivity contribution in [1.29, 1.82) is 0 Å². The molecule has 136 valence electrons. The van der Waals surface area contributed by atoms with E-state index in [-0.39, 0.29) is 22.9 Å². The van der Waals surface area contributed by atoms with Crippen LogP contribution in [0, 0.1) is 5.92 Å². The lowest BCUT2D eigenvalue weighted by Gasteiger charge is -2.20. The minimum absolute atomic E-state index is 0.0338. The van der Waals surface area contributed by atoms with E-state index in [4.69, 9.17) is 0 Å². The third kappa shape index (κ3) is 6.07. The van der Waals surface area contributed by atoms with Gasteiger partial charge < -0.3 is 4.90 Å². The number of sulfone groups is 1. The number of hydrogen-bond acceptors (Lipinski definition) is 5. The second-order valence-electron chi connectivity index (χ2n) is 6.22. The standard InChI is InChI=1S/C16H28N4O3S/c1-5-7-8-9-11-19(10-6-2)16(21)20-13-17-15(18-20)24(22,23)12-14(3)4/h6,13-14H,2,5,7-12H2,1,3-4H3. The van der Waals surface area contributed by atoms with Crippen LogP contribution >= 0.6 is 0 Å². The number of carbonyl (C=O) groups is 1. The van der Waals surface area contributed by atoms with E-state index in [9.17, 15) is 13.2 Å². The minimum Gasteiger partial charge on any atom is -0.319 e. The molecule has 1 aromatic rings. The van der Waals surface area contributed by atoms with Gasteiger partial charge in [-0.15, -0.1) is 11.7 Å². The highest BCUT2D eigenvalue weighted by molar-refractivity contribution is 7.91. The number of aromatic nitrogens is 3. The summed E-state index contributed by atoms with van der Waals surface area (Å²) in [6.45, 7) is 10.4. The van der Waals surface area contributed by atoms with Crippen molar-refractivity contribution in [3.05, 3.63) is 19.0 Å². The maximum absolute atomic E-state index is 12.5. The van der Waals surface area contributed by atoms with Crippen molar-refractivity contribution in [2.45, 2.75) is 51.6 Å². The average Bonchev–Trinajstić information content (AvgIpc) is 2.99. The van der Waals surface area contributed by atoms with Crippen molar-refractivity contribution in [3.8, 4) is 0 Å². The number of hydrogen-bond donors (Lipinski definition) is 0. The molecule has 0 aromatic carbocycles. The molecule has 7 nitrogen and oxygen atoms in total. The maximum Gasteiger partial charge on any atom is 0.346 e. The van der Waals surface area contributed by atoms with Crippen LogP contribution in [-0.4, -0.2) is 53.0 Å². The Bertz CT molecular complexity index is 638. The van der Waals surface area contributed by atoms with Crippen molar-refractivity contribution in [1.82, 2.24) is 19.7 Å². The number of rotatable bonds is 10. The van der Waals surface area contributed by atoms with Crippen LogP contribution in [0.25, 0.3) is 0 Å². The van der Waals surface area contributed by atoms with Crippen LogP contribution in [0.4, 0.5) is 4.79 Å². The van der Waals surface area contributed by atoms with Gasteiger partial charge in [0.15, 0.2) is 0 Å². The predicted octanol–water partition coefficient (Wildman–Crippen LogP) is 2.74. The molecule has 0 fully saturated rings. The first kappa shape index (κ1) is 20.3. The summed E-state index contributed by atoms with van der Waals surface area (Å²) in [7, 11) is -3.57. The summed E-state index contributed by atoms with van der Waals surface area (Å²) in [4.78, 5) is 17.9. The Labute approximate surface area is 144 Å². The number of amides is 1. The van der Waals surface area contributed by atoms with Gasteiger partial charge in [0.1, 0.15) is 6.33 Å². The number of carbonyl (C=O) groups excluding carboxylic acids is 1. The fourth-order valence-corrected chi connectivity index (χ4v) is 3.74. The van der Waals surface area contributed by atoms with E-state index in [1.54, 1.807) is 11.0 Å². The Kier molecular flexibility index (Phi) is 8.10. The van der Waals surface area contributed by atoms with Gasteiger partial charge in [0, 0.05) is 13.1 Å². The highest BCUT2D eigenvalue weighted by Gasteiger charge is 2.24. The van der Waals surface area contributed by atoms with Gasteiger partial charge in [-0.1, -0.05) is 46.1 Å². The fourth-order valence-electron chi connectivity index (χ4n) is 2.29. The molecular weight excluding hydrogens is 328 g/mol. The highest BCUT2D eigenvalue weighted by Crippen LogP contribution is 2.10. The Morgan fingerprint density at radius 3 is 2.67 bits per heavy atom. The van der Waals surface area contributed by atoms with Crippen LogP contribution in [0.15, 0.2) is 24.1 Å². The van der Waals surface area contributed by atoms with Crippen molar-refractivity contribution in [2.24, 2.45) is 5.92 Å². The number of nitrogens with zero attached hydrogens (tertiary/aromatic N) is 4. The third-order valence-corrected chi connectivity index (χ3v) is 5.25. The lowest BCUT2D eigenvalue weighted by molar-refractivity contribution is 0.200. The van der Waals surface area contributed by atoms with Crippen LogP contribution in [-0.2, 0) is 9.84 Å². The fraction of sp³-hybridized carbons (Fsp3) is 0.688. The molecule has 0 N–H and O–H groups in total. The van der Waals surface area contributed by atoms with Crippen molar-refractivity contribution >= 4 is 15.9 Å². The topological polar surface area (TPSA) is 85.2 Å². The highest BCUT2D eigenvalue weighted by atomic mass is 32.2. The molecule has 0 unspecified atom stereocenters. The summed E-state index contributed by atoms with van der Waals surface area (Å²) in [5, 5.41) is 3.58. The Balaban J connectivity index is 2.83. The van der Waals surface area contributed by atoms with Gasteiger partial charge >= 0.3 is 6.03 Å². The van der Waals surface area contributed by atoms with Gasteiger partial charge in [0.2, 0.25) is 9.84 Å². The second-order valence-corrected chi connectivity index (χ2v) is 8.15. The lowest BCUT2D eigenvalue weighted by Crippen LogP contribution is -2.36. The second kappa shape index (κ2) is 9.56. The van der Waals surface area contributed by atoms with Crippen molar-refractivity contribution < 1.29 is 13.2 Å². The van der Waals surface area contributed by atoms with E-state index in [0.717, 1.165) is 36.7 Å². The van der Waals surface area contributed by atoms with E-state index in [0.29, 0.717) is 13.1 Å². The maximum atomic E-state index is 12.5. The van der Waals surface area contributed by atoms with E-state index in [1.165, 1.54) is 0 Å². The molecular formula is C16H28N4O3S. The van der Waals surface area contributed by atoms with Crippen LogP contribution < -0.4 is 0 Å². The smallest absolute Gasteiger partial charge is 0.319 e. The summed E-state index contributed by atoms with van der Waals surface area (Å²) in [5.41, 5.74) is 0. The van der Waals surface area contributed by atoms with Crippen molar-refractivity contribution in [2.75, 3.05) is 18.8 Å². The molecule has 0 atom stereocenters. The Hall–Kier alpha value is -1.70. The molecule has 0 aliphatic heterocycles. The zero-order valence-corrected chi connectivity index (χ0v) is 15.6. The van der Waals surface area contributed by atoms with Crippen LogP contribution in [0.3, 0.4) is 0 Å². The quantitative estimate of drug-likeness (QED) is 0.475. The molecule has 1 aromatic heterocycles. The summed E-state index contributed by atoms with van der Waals surface area (Å²) in [5.74, 6) is -0.0769. The molecule has 1 amide bonds. The van der Waals surface area contributed by atoms with Gasteiger partial charge in [0.25, 0.3) is 5.16 Å². The molecule has 24 heavy (non-hydrogen) atoms. The first-order valence-corrected chi connectivity index (χ1v) is 10.0. The Morgan fingerprint density at radius 2 is 2.08 bits per heavy atom. The van der Waals surface area contributed by atoms with E-state index in [1.807, 2.05) is 13.8 Å². The zero-order chi connectivity index (χ0) is 18.2. The summed E-state index contributed by atoms with van der Waals surface area (Å²) in [6.07, 6.45) is 6.98. The zero-order valence-electron chi connectivity index (χ0n) is 14.8. The van der Waals surface area contributed by atoms with E-state index >= 15 is 0 Å². The largest absolute Gasteiger partial charge is 0.346 e. The predicted molar refractivity (Wildman–Crippen MR) is 93.6 cm³/mol. The number of unbranched alkanes of at least 4 members (excludes halogenated alkanes) is 3.